The fraction of sp³-hybridized carbons (Fsp3) is 0.237. The predicted molar refractivity (Wildman–Crippen MR) is 179 cm³/mol. The summed E-state index contributed by atoms with van der Waals surface area (Å²) in [7, 11) is 1.98. The van der Waals surface area contributed by atoms with Crippen LogP contribution in [0.1, 0.15) is 62.3 Å². The van der Waals surface area contributed by atoms with E-state index in [0.29, 0.717) is 16.9 Å². The number of amides is 2. The molecule has 0 spiro atoms. The van der Waals surface area contributed by atoms with Crippen LogP contribution in [-0.2, 0) is 29.7 Å². The molecule has 5 aromatic rings. The summed E-state index contributed by atoms with van der Waals surface area (Å²) in [4.78, 5) is 31.9. The number of imidazole rings is 1. The smallest absolute Gasteiger partial charge is 0.261 e. The van der Waals surface area contributed by atoms with Gasteiger partial charge in [-0.2, -0.15) is 0 Å². The molecule has 9 heteroatoms. The molecule has 0 unspecified atom stereocenters. The Hall–Kier alpha value is -4.54. The first kappa shape index (κ1) is 31.1. The summed E-state index contributed by atoms with van der Waals surface area (Å²) in [5, 5.41) is 10.5. The van der Waals surface area contributed by atoms with E-state index in [1.807, 2.05) is 90.6 Å². The molecule has 47 heavy (non-hydrogen) atoms. The van der Waals surface area contributed by atoms with Crippen LogP contribution < -0.4 is 0 Å². The molecule has 0 aliphatic carbocycles. The van der Waals surface area contributed by atoms with E-state index in [1.54, 1.807) is 42.2 Å². The minimum atomic E-state index is -0.594. The summed E-state index contributed by atoms with van der Waals surface area (Å²) in [5.74, 6) is 0.230. The zero-order valence-corrected chi connectivity index (χ0v) is 27.0. The molecule has 1 saturated heterocycles. The third-order valence-corrected chi connectivity index (χ3v) is 10.1. The van der Waals surface area contributed by atoms with Crippen molar-refractivity contribution in [2.24, 2.45) is 13.0 Å². The van der Waals surface area contributed by atoms with Gasteiger partial charge in [-0.05, 0) is 39.9 Å². The van der Waals surface area contributed by atoms with E-state index in [4.69, 9.17) is 9.47 Å². The first-order valence-corrected chi connectivity index (χ1v) is 16.6. The van der Waals surface area contributed by atoms with Crippen molar-refractivity contribution in [3.8, 4) is 11.1 Å². The van der Waals surface area contributed by atoms with E-state index in [0.717, 1.165) is 38.5 Å². The number of aromatic nitrogens is 2. The molecule has 8 nitrogen and oxygen atoms in total. The van der Waals surface area contributed by atoms with Crippen molar-refractivity contribution in [3.63, 3.8) is 0 Å². The number of aryl methyl sites for hydroxylation is 1. The number of thioether (sulfide) groups is 1. The molecule has 0 radical (unpaired) electrons. The van der Waals surface area contributed by atoms with Crippen molar-refractivity contribution in [3.05, 3.63) is 143 Å². The third kappa shape index (κ3) is 6.15. The molecular weight excluding hydrogens is 611 g/mol. The molecule has 1 aromatic heterocycles. The average Bonchev–Trinajstić information content (AvgIpc) is 3.63. The predicted octanol–water partition coefficient (Wildman–Crippen LogP) is 6.96. The molecule has 1 fully saturated rings. The molecule has 2 amide bonds. The number of fused-ring (bicyclic) bond motifs is 1. The quantitative estimate of drug-likeness (QED) is 0.137. The SMILES string of the molecule is C[C@@H]1[C@H](CSc2nccn2C)O[C@H](c2ccc(-c3ccccc3CN3C(=O)c4ccccc4C3=O)cc2)O[C@@H]1c1ccc(CO)cc1. The van der Waals surface area contributed by atoms with Gasteiger partial charge in [0.2, 0.25) is 0 Å². The normalized spacial score (nSPS) is 20.9. The van der Waals surface area contributed by atoms with Crippen molar-refractivity contribution in [1.82, 2.24) is 14.5 Å². The standard InChI is InChI=1S/C38H35N3O5S/c1-24-33(23-47-38-39-19-20-40(38)2)45-37(46-34(24)27-13-11-25(22-42)12-14-27)28-17-15-26(16-18-28)30-8-4-3-7-29(30)21-41-35(43)31-9-5-6-10-32(31)36(41)44/h3-20,24,33-34,37,42H,21-23H2,1-2H3/t24-,33+,34+,37+/m1/s1. The summed E-state index contributed by atoms with van der Waals surface area (Å²) >= 11 is 1.66. The molecule has 1 N–H and O–H groups in total. The van der Waals surface area contributed by atoms with Gasteiger partial charge in [0.25, 0.3) is 11.8 Å². The van der Waals surface area contributed by atoms with Crippen LogP contribution in [0.25, 0.3) is 11.1 Å². The van der Waals surface area contributed by atoms with Gasteiger partial charge in [-0.15, -0.1) is 0 Å². The summed E-state index contributed by atoms with van der Waals surface area (Å²) in [5.41, 5.74) is 6.46. The Kier molecular flexibility index (Phi) is 8.79. The summed E-state index contributed by atoms with van der Waals surface area (Å²) in [6, 6.07) is 30.8. The van der Waals surface area contributed by atoms with Crippen molar-refractivity contribution in [2.75, 3.05) is 5.75 Å². The summed E-state index contributed by atoms with van der Waals surface area (Å²) < 4.78 is 15.3. The van der Waals surface area contributed by atoms with Crippen LogP contribution in [-0.4, -0.2) is 43.2 Å². The van der Waals surface area contributed by atoms with E-state index >= 15 is 0 Å². The van der Waals surface area contributed by atoms with Crippen LogP contribution in [0.2, 0.25) is 0 Å². The van der Waals surface area contributed by atoms with E-state index < -0.39 is 6.29 Å². The molecule has 4 atom stereocenters. The molecule has 238 valence electrons. The number of hydrogen-bond donors (Lipinski definition) is 1. The Morgan fingerprint density at radius 1 is 0.809 bits per heavy atom. The number of rotatable bonds is 9. The second-order valence-electron chi connectivity index (χ2n) is 12.0. The maximum absolute atomic E-state index is 13.1. The number of ether oxygens (including phenoxy) is 2. The number of carbonyl (C=O) groups excluding carboxylic acids is 2. The van der Waals surface area contributed by atoms with Crippen LogP contribution in [0.15, 0.2) is 115 Å². The second kappa shape index (κ2) is 13.3. The Morgan fingerprint density at radius 3 is 2.09 bits per heavy atom. The highest BCUT2D eigenvalue weighted by atomic mass is 32.2. The lowest BCUT2D eigenvalue weighted by Gasteiger charge is -2.41. The molecule has 7 rings (SSSR count). The van der Waals surface area contributed by atoms with Crippen molar-refractivity contribution in [2.45, 2.75) is 43.7 Å². The summed E-state index contributed by atoms with van der Waals surface area (Å²) in [6.45, 7) is 2.33. The lowest BCUT2D eigenvalue weighted by molar-refractivity contribution is -0.268. The van der Waals surface area contributed by atoms with Gasteiger partial charge in [-0.1, -0.05) is 104 Å². The Balaban J connectivity index is 1.13. The van der Waals surface area contributed by atoms with Gasteiger partial charge in [0, 0.05) is 36.7 Å². The fourth-order valence-corrected chi connectivity index (χ4v) is 7.37. The number of hydrogen-bond acceptors (Lipinski definition) is 7. The number of aliphatic hydroxyl groups excluding tert-OH is 1. The molecular formula is C38H35N3O5S. The van der Waals surface area contributed by atoms with Crippen LogP contribution in [0.5, 0.6) is 0 Å². The first-order valence-electron chi connectivity index (χ1n) is 15.7. The van der Waals surface area contributed by atoms with Crippen LogP contribution in [0.3, 0.4) is 0 Å². The van der Waals surface area contributed by atoms with Crippen LogP contribution in [0.4, 0.5) is 0 Å². The third-order valence-electron chi connectivity index (χ3n) is 8.99. The maximum atomic E-state index is 13.1. The monoisotopic (exact) mass is 645 g/mol. The van der Waals surface area contributed by atoms with Gasteiger partial charge in [-0.3, -0.25) is 14.5 Å². The number of carbonyl (C=O) groups is 2. The summed E-state index contributed by atoms with van der Waals surface area (Å²) in [6.07, 6.45) is 2.81. The van der Waals surface area contributed by atoms with E-state index in [9.17, 15) is 14.7 Å². The van der Waals surface area contributed by atoms with Crippen molar-refractivity contribution in [1.29, 1.82) is 0 Å². The first-order chi connectivity index (χ1) is 22.9. The highest BCUT2D eigenvalue weighted by Crippen LogP contribution is 2.43. The largest absolute Gasteiger partial charge is 0.392 e. The lowest BCUT2D eigenvalue weighted by atomic mass is 9.91. The minimum absolute atomic E-state index is 0.0101. The van der Waals surface area contributed by atoms with E-state index in [-0.39, 0.29) is 43.1 Å². The van der Waals surface area contributed by atoms with Crippen LogP contribution in [0, 0.1) is 5.92 Å². The molecule has 4 aromatic carbocycles. The van der Waals surface area contributed by atoms with Gasteiger partial charge in [0.15, 0.2) is 11.4 Å². The minimum Gasteiger partial charge on any atom is -0.392 e. The number of benzene rings is 4. The maximum Gasteiger partial charge on any atom is 0.261 e. The topological polar surface area (TPSA) is 93.9 Å². The van der Waals surface area contributed by atoms with Gasteiger partial charge in [0.05, 0.1) is 36.5 Å². The highest BCUT2D eigenvalue weighted by Gasteiger charge is 2.39. The van der Waals surface area contributed by atoms with Gasteiger partial charge >= 0.3 is 0 Å². The average molecular weight is 646 g/mol. The Bertz CT molecular complexity index is 1870. The molecule has 0 saturated carbocycles. The fourth-order valence-electron chi connectivity index (χ4n) is 6.27. The van der Waals surface area contributed by atoms with Crippen LogP contribution >= 0.6 is 11.8 Å². The number of aliphatic hydroxyl groups is 1. The number of imide groups is 1. The number of nitrogens with zero attached hydrogens (tertiary/aromatic N) is 3. The highest BCUT2D eigenvalue weighted by molar-refractivity contribution is 7.99. The van der Waals surface area contributed by atoms with Gasteiger partial charge in [0.1, 0.15) is 0 Å². The van der Waals surface area contributed by atoms with E-state index in [1.165, 1.54) is 4.90 Å². The van der Waals surface area contributed by atoms with Crippen molar-refractivity contribution >= 4 is 23.6 Å². The Morgan fingerprint density at radius 2 is 1.45 bits per heavy atom. The van der Waals surface area contributed by atoms with E-state index in [2.05, 4.69) is 11.9 Å². The van der Waals surface area contributed by atoms with Gasteiger partial charge in [-0.25, -0.2) is 4.98 Å². The molecule has 3 heterocycles. The molecule has 0 bridgehead atoms. The zero-order valence-electron chi connectivity index (χ0n) is 26.2. The van der Waals surface area contributed by atoms with Gasteiger partial charge < -0.3 is 19.1 Å². The Labute approximate surface area is 278 Å². The van der Waals surface area contributed by atoms with Crippen molar-refractivity contribution < 1.29 is 24.2 Å². The zero-order chi connectivity index (χ0) is 32.5. The molecule has 2 aliphatic heterocycles. The molecule has 2 aliphatic rings. The second-order valence-corrected chi connectivity index (χ2v) is 13.0. The lowest BCUT2D eigenvalue weighted by Crippen LogP contribution is -2.38.